The predicted molar refractivity (Wildman–Crippen MR) is 110 cm³/mol. The standard InChI is InChI=1S/C21H20N4OS/c1-13-7-5-8-15(11-13)24(3)21(26)16-12-17(18-9-6-10-27-18)22-20-19(16)14(2)23-25(20)4/h5-12H,1-4H3. The summed E-state index contributed by atoms with van der Waals surface area (Å²) in [5, 5.41) is 7.31. The van der Waals surface area contributed by atoms with Crippen LogP contribution in [0.1, 0.15) is 21.6 Å². The SMILES string of the molecule is Cc1cccc(N(C)C(=O)c2cc(-c3cccs3)nc3c2c(C)nn3C)c1. The molecule has 0 aliphatic rings. The van der Waals surface area contributed by atoms with Crippen molar-refractivity contribution < 1.29 is 4.79 Å². The van der Waals surface area contributed by atoms with E-state index in [9.17, 15) is 4.79 Å². The van der Waals surface area contributed by atoms with Gasteiger partial charge in [-0.2, -0.15) is 5.10 Å². The first-order valence-corrected chi connectivity index (χ1v) is 9.56. The number of anilines is 1. The molecule has 0 atom stereocenters. The molecule has 4 rings (SSSR count). The van der Waals surface area contributed by atoms with Crippen molar-refractivity contribution in [1.82, 2.24) is 14.8 Å². The van der Waals surface area contributed by atoms with E-state index in [1.165, 1.54) is 0 Å². The molecule has 0 radical (unpaired) electrons. The second-order valence-corrected chi connectivity index (χ2v) is 7.59. The summed E-state index contributed by atoms with van der Waals surface area (Å²) in [7, 11) is 3.67. The van der Waals surface area contributed by atoms with Gasteiger partial charge in [0.1, 0.15) is 0 Å². The van der Waals surface area contributed by atoms with Crippen molar-refractivity contribution in [1.29, 1.82) is 0 Å². The highest BCUT2D eigenvalue weighted by molar-refractivity contribution is 7.13. The lowest BCUT2D eigenvalue weighted by atomic mass is 10.1. The Morgan fingerprint density at radius 2 is 1.96 bits per heavy atom. The molecule has 0 unspecified atom stereocenters. The number of pyridine rings is 1. The second-order valence-electron chi connectivity index (χ2n) is 6.64. The fourth-order valence-corrected chi connectivity index (χ4v) is 3.98. The maximum absolute atomic E-state index is 13.4. The zero-order valence-corrected chi connectivity index (χ0v) is 16.5. The summed E-state index contributed by atoms with van der Waals surface area (Å²) >= 11 is 1.61. The van der Waals surface area contributed by atoms with Crippen LogP contribution in [0.15, 0.2) is 47.8 Å². The molecule has 0 bridgehead atoms. The summed E-state index contributed by atoms with van der Waals surface area (Å²) in [6.45, 7) is 3.94. The molecule has 5 nitrogen and oxygen atoms in total. The number of aromatic nitrogens is 3. The van der Waals surface area contributed by atoms with E-state index >= 15 is 0 Å². The molecule has 0 N–H and O–H groups in total. The number of carbonyl (C=O) groups excluding carboxylic acids is 1. The molecular weight excluding hydrogens is 356 g/mol. The highest BCUT2D eigenvalue weighted by atomic mass is 32.1. The number of nitrogens with zero attached hydrogens (tertiary/aromatic N) is 4. The van der Waals surface area contributed by atoms with Crippen LogP contribution in [0, 0.1) is 13.8 Å². The Labute approximate surface area is 161 Å². The summed E-state index contributed by atoms with van der Waals surface area (Å²) in [4.78, 5) is 20.9. The minimum absolute atomic E-state index is 0.0677. The summed E-state index contributed by atoms with van der Waals surface area (Å²) in [6, 6.07) is 13.8. The summed E-state index contributed by atoms with van der Waals surface area (Å²) in [5.41, 5.74) is 4.92. The van der Waals surface area contributed by atoms with Crippen LogP contribution >= 0.6 is 11.3 Å². The fourth-order valence-electron chi connectivity index (χ4n) is 3.30. The highest BCUT2D eigenvalue weighted by Gasteiger charge is 2.22. The van der Waals surface area contributed by atoms with Crippen molar-refractivity contribution in [2.75, 3.05) is 11.9 Å². The number of aryl methyl sites for hydroxylation is 3. The third kappa shape index (κ3) is 3.02. The van der Waals surface area contributed by atoms with Crippen molar-refractivity contribution in [3.05, 3.63) is 64.7 Å². The first-order chi connectivity index (χ1) is 13.0. The van der Waals surface area contributed by atoms with Crippen LogP contribution < -0.4 is 4.90 Å². The van der Waals surface area contributed by atoms with Crippen molar-refractivity contribution in [2.24, 2.45) is 7.05 Å². The number of benzene rings is 1. The third-order valence-electron chi connectivity index (χ3n) is 4.67. The van der Waals surface area contributed by atoms with Gasteiger partial charge in [0.25, 0.3) is 5.91 Å². The van der Waals surface area contributed by atoms with E-state index in [-0.39, 0.29) is 5.91 Å². The van der Waals surface area contributed by atoms with E-state index in [0.717, 1.165) is 38.5 Å². The number of thiophene rings is 1. The van der Waals surface area contributed by atoms with E-state index in [2.05, 4.69) is 5.10 Å². The lowest BCUT2D eigenvalue weighted by Crippen LogP contribution is -2.26. The Balaban J connectivity index is 1.90. The summed E-state index contributed by atoms with van der Waals surface area (Å²) in [6.07, 6.45) is 0. The average Bonchev–Trinajstić information content (AvgIpc) is 3.29. The molecule has 1 amide bonds. The van der Waals surface area contributed by atoms with Crippen LogP contribution in [-0.2, 0) is 7.05 Å². The molecule has 6 heteroatoms. The zero-order valence-electron chi connectivity index (χ0n) is 15.7. The lowest BCUT2D eigenvalue weighted by molar-refractivity contribution is 0.0994. The molecule has 0 saturated carbocycles. The van der Waals surface area contributed by atoms with Gasteiger partial charge in [-0.1, -0.05) is 18.2 Å². The van der Waals surface area contributed by atoms with Gasteiger partial charge >= 0.3 is 0 Å². The fraction of sp³-hybridized carbons (Fsp3) is 0.190. The maximum Gasteiger partial charge on any atom is 0.258 e. The number of amides is 1. The maximum atomic E-state index is 13.4. The molecule has 1 aromatic carbocycles. The third-order valence-corrected chi connectivity index (χ3v) is 5.56. The summed E-state index contributed by atoms with van der Waals surface area (Å²) in [5.74, 6) is -0.0677. The highest BCUT2D eigenvalue weighted by Crippen LogP contribution is 2.30. The van der Waals surface area contributed by atoms with Crippen LogP contribution in [0.25, 0.3) is 21.6 Å². The molecule has 27 heavy (non-hydrogen) atoms. The molecule has 4 aromatic rings. The van der Waals surface area contributed by atoms with E-state index in [1.807, 2.05) is 68.7 Å². The minimum atomic E-state index is -0.0677. The number of carbonyl (C=O) groups is 1. The van der Waals surface area contributed by atoms with Crippen molar-refractivity contribution in [3.8, 4) is 10.6 Å². The van der Waals surface area contributed by atoms with Crippen molar-refractivity contribution >= 4 is 34.0 Å². The Kier molecular flexibility index (Phi) is 4.28. The van der Waals surface area contributed by atoms with Gasteiger partial charge < -0.3 is 4.90 Å². The van der Waals surface area contributed by atoms with Crippen LogP contribution in [-0.4, -0.2) is 27.7 Å². The van der Waals surface area contributed by atoms with Crippen LogP contribution in [0.2, 0.25) is 0 Å². The molecule has 0 saturated heterocycles. The van der Waals surface area contributed by atoms with E-state index in [0.29, 0.717) is 5.56 Å². The minimum Gasteiger partial charge on any atom is -0.311 e. The lowest BCUT2D eigenvalue weighted by Gasteiger charge is -2.19. The second kappa shape index (κ2) is 6.63. The van der Waals surface area contributed by atoms with Crippen molar-refractivity contribution in [3.63, 3.8) is 0 Å². The largest absolute Gasteiger partial charge is 0.311 e. The molecule has 0 spiro atoms. The zero-order chi connectivity index (χ0) is 19.1. The molecule has 136 valence electrons. The van der Waals surface area contributed by atoms with E-state index in [1.54, 1.807) is 28.0 Å². The smallest absolute Gasteiger partial charge is 0.258 e. The van der Waals surface area contributed by atoms with Gasteiger partial charge in [-0.25, -0.2) is 4.98 Å². The topological polar surface area (TPSA) is 51.0 Å². The van der Waals surface area contributed by atoms with E-state index < -0.39 is 0 Å². The quantitative estimate of drug-likeness (QED) is 0.525. The molecule has 0 aliphatic carbocycles. The normalized spacial score (nSPS) is 11.1. The van der Waals surface area contributed by atoms with Crippen LogP contribution in [0.4, 0.5) is 5.69 Å². The Morgan fingerprint density at radius 3 is 2.67 bits per heavy atom. The van der Waals surface area contributed by atoms with Crippen molar-refractivity contribution in [2.45, 2.75) is 13.8 Å². The first-order valence-electron chi connectivity index (χ1n) is 8.68. The number of rotatable bonds is 3. The molecule has 3 aromatic heterocycles. The van der Waals surface area contributed by atoms with Gasteiger partial charge in [0.2, 0.25) is 0 Å². The van der Waals surface area contributed by atoms with Gasteiger partial charge in [-0.05, 0) is 49.1 Å². The van der Waals surface area contributed by atoms with E-state index in [4.69, 9.17) is 4.98 Å². The molecular formula is C21H20N4OS. The van der Waals surface area contributed by atoms with Gasteiger partial charge in [-0.3, -0.25) is 9.48 Å². The first kappa shape index (κ1) is 17.4. The Bertz CT molecular complexity index is 1140. The average molecular weight is 376 g/mol. The van der Waals surface area contributed by atoms with Gasteiger partial charge in [0, 0.05) is 19.8 Å². The van der Waals surface area contributed by atoms with Crippen LogP contribution in [0.5, 0.6) is 0 Å². The molecule has 0 aliphatic heterocycles. The van der Waals surface area contributed by atoms with Crippen LogP contribution in [0.3, 0.4) is 0 Å². The predicted octanol–water partition coefficient (Wildman–Crippen LogP) is 4.59. The number of fused-ring (bicyclic) bond motifs is 1. The Hall–Kier alpha value is -2.99. The van der Waals surface area contributed by atoms with Gasteiger partial charge in [0.15, 0.2) is 5.65 Å². The van der Waals surface area contributed by atoms with Gasteiger partial charge in [0.05, 0.1) is 27.2 Å². The molecule has 3 heterocycles. The van der Waals surface area contributed by atoms with Gasteiger partial charge in [-0.15, -0.1) is 11.3 Å². The number of hydrogen-bond acceptors (Lipinski definition) is 4. The Morgan fingerprint density at radius 1 is 1.15 bits per heavy atom. The monoisotopic (exact) mass is 376 g/mol. The molecule has 0 fully saturated rings. The summed E-state index contributed by atoms with van der Waals surface area (Å²) < 4.78 is 1.74. The number of hydrogen-bond donors (Lipinski definition) is 0.